The van der Waals surface area contributed by atoms with Crippen LogP contribution in [-0.4, -0.2) is 31.5 Å². The SMILES string of the molecule is O=C(CS(=O)(=O)c1ccc(Cl)cc1)N1CCc2sccc2C1. The molecule has 1 amide bonds. The van der Waals surface area contributed by atoms with Crippen molar-refractivity contribution < 1.29 is 13.2 Å². The Kier molecular flexibility index (Phi) is 4.25. The summed E-state index contributed by atoms with van der Waals surface area (Å²) in [7, 11) is -3.64. The monoisotopic (exact) mass is 355 g/mol. The lowest BCUT2D eigenvalue weighted by atomic mass is 10.1. The predicted molar refractivity (Wildman–Crippen MR) is 86.9 cm³/mol. The van der Waals surface area contributed by atoms with E-state index < -0.39 is 15.6 Å². The third kappa shape index (κ3) is 3.19. The lowest BCUT2D eigenvalue weighted by molar-refractivity contribution is -0.129. The molecule has 2 aromatic rings. The number of amides is 1. The standard InChI is InChI=1S/C15H14ClNO3S2/c16-12-1-3-13(4-2-12)22(19,20)10-15(18)17-7-5-14-11(9-17)6-8-21-14/h1-4,6,8H,5,7,9-10H2. The van der Waals surface area contributed by atoms with Crippen LogP contribution in [0.2, 0.25) is 5.02 Å². The van der Waals surface area contributed by atoms with E-state index in [0.29, 0.717) is 18.1 Å². The Balaban J connectivity index is 1.73. The smallest absolute Gasteiger partial charge is 0.238 e. The molecule has 7 heteroatoms. The minimum Gasteiger partial charge on any atom is -0.337 e. The largest absolute Gasteiger partial charge is 0.337 e. The zero-order valence-electron chi connectivity index (χ0n) is 11.7. The molecule has 1 aromatic carbocycles. The molecule has 0 unspecified atom stereocenters. The minimum absolute atomic E-state index is 0.124. The maximum Gasteiger partial charge on any atom is 0.238 e. The number of nitrogens with zero attached hydrogens (tertiary/aromatic N) is 1. The molecule has 116 valence electrons. The van der Waals surface area contributed by atoms with E-state index in [1.54, 1.807) is 16.2 Å². The topological polar surface area (TPSA) is 54.5 Å². The van der Waals surface area contributed by atoms with Crippen LogP contribution in [0.5, 0.6) is 0 Å². The van der Waals surface area contributed by atoms with Crippen molar-refractivity contribution in [1.82, 2.24) is 4.90 Å². The van der Waals surface area contributed by atoms with Crippen LogP contribution in [0.4, 0.5) is 0 Å². The molecule has 0 aliphatic carbocycles. The second-order valence-corrected chi connectivity index (χ2v) is 8.57. The number of carbonyl (C=O) groups excluding carboxylic acids is 1. The van der Waals surface area contributed by atoms with E-state index in [4.69, 9.17) is 11.6 Å². The van der Waals surface area contributed by atoms with E-state index in [0.717, 1.165) is 12.0 Å². The highest BCUT2D eigenvalue weighted by Crippen LogP contribution is 2.24. The Morgan fingerprint density at radius 2 is 1.95 bits per heavy atom. The first-order valence-corrected chi connectivity index (χ1v) is 9.68. The molecule has 0 fully saturated rings. The summed E-state index contributed by atoms with van der Waals surface area (Å²) in [5.74, 6) is -0.861. The molecule has 2 heterocycles. The molecule has 0 atom stereocenters. The molecule has 1 aromatic heterocycles. The van der Waals surface area contributed by atoms with Crippen LogP contribution < -0.4 is 0 Å². The minimum atomic E-state index is -3.64. The van der Waals surface area contributed by atoms with Gasteiger partial charge in [0.15, 0.2) is 9.84 Å². The van der Waals surface area contributed by atoms with Gasteiger partial charge in [-0.25, -0.2) is 8.42 Å². The first-order valence-electron chi connectivity index (χ1n) is 6.77. The summed E-state index contributed by atoms with van der Waals surface area (Å²) in [6.07, 6.45) is 0.791. The van der Waals surface area contributed by atoms with Crippen LogP contribution >= 0.6 is 22.9 Å². The van der Waals surface area contributed by atoms with Crippen molar-refractivity contribution in [2.75, 3.05) is 12.3 Å². The number of benzene rings is 1. The van der Waals surface area contributed by atoms with Crippen molar-refractivity contribution in [3.05, 3.63) is 51.2 Å². The van der Waals surface area contributed by atoms with Crippen molar-refractivity contribution in [2.24, 2.45) is 0 Å². The Labute approximate surface area is 138 Å². The van der Waals surface area contributed by atoms with Gasteiger partial charge in [-0.15, -0.1) is 11.3 Å². The number of sulfone groups is 1. The molecule has 0 saturated heterocycles. The van der Waals surface area contributed by atoms with Crippen LogP contribution in [0, 0.1) is 0 Å². The van der Waals surface area contributed by atoms with Crippen LogP contribution in [0.3, 0.4) is 0 Å². The molecule has 0 spiro atoms. The third-order valence-electron chi connectivity index (χ3n) is 3.65. The van der Waals surface area contributed by atoms with Crippen molar-refractivity contribution in [3.8, 4) is 0 Å². The fourth-order valence-corrected chi connectivity index (χ4v) is 4.68. The maximum atomic E-state index is 12.3. The first-order chi connectivity index (χ1) is 10.5. The molecule has 0 saturated carbocycles. The normalized spacial score (nSPS) is 14.7. The number of thiophene rings is 1. The molecule has 1 aliphatic rings. The lowest BCUT2D eigenvalue weighted by Crippen LogP contribution is -2.38. The zero-order valence-corrected chi connectivity index (χ0v) is 14.0. The van der Waals surface area contributed by atoms with Gasteiger partial charge in [-0.05, 0) is 47.7 Å². The van der Waals surface area contributed by atoms with E-state index in [-0.39, 0.29) is 10.8 Å². The Bertz CT molecular complexity index is 796. The summed E-state index contributed by atoms with van der Waals surface area (Å²) in [4.78, 5) is 15.3. The van der Waals surface area contributed by atoms with Crippen molar-refractivity contribution in [3.63, 3.8) is 0 Å². The number of hydrogen-bond acceptors (Lipinski definition) is 4. The van der Waals surface area contributed by atoms with Crippen molar-refractivity contribution in [1.29, 1.82) is 0 Å². The lowest BCUT2D eigenvalue weighted by Gasteiger charge is -2.27. The van der Waals surface area contributed by atoms with Gasteiger partial charge in [-0.1, -0.05) is 11.6 Å². The van der Waals surface area contributed by atoms with Gasteiger partial charge >= 0.3 is 0 Å². The number of carbonyl (C=O) groups is 1. The molecular weight excluding hydrogens is 342 g/mol. The average molecular weight is 356 g/mol. The first kappa shape index (κ1) is 15.5. The number of fused-ring (bicyclic) bond motifs is 1. The van der Waals surface area contributed by atoms with E-state index in [1.807, 2.05) is 11.4 Å². The summed E-state index contributed by atoms with van der Waals surface area (Å²) >= 11 is 7.44. The van der Waals surface area contributed by atoms with E-state index in [9.17, 15) is 13.2 Å². The molecule has 1 aliphatic heterocycles. The van der Waals surface area contributed by atoms with Gasteiger partial charge in [0.05, 0.1) is 4.90 Å². The van der Waals surface area contributed by atoms with E-state index >= 15 is 0 Å². The van der Waals surface area contributed by atoms with Crippen molar-refractivity contribution in [2.45, 2.75) is 17.9 Å². The highest BCUT2D eigenvalue weighted by atomic mass is 35.5. The van der Waals surface area contributed by atoms with Crippen LogP contribution in [0.25, 0.3) is 0 Å². The molecule has 0 N–H and O–H groups in total. The second kappa shape index (κ2) is 6.02. The second-order valence-electron chi connectivity index (χ2n) is 5.15. The van der Waals surface area contributed by atoms with Gasteiger partial charge in [0.2, 0.25) is 5.91 Å². The molecule has 0 bridgehead atoms. The summed E-state index contributed by atoms with van der Waals surface area (Å²) < 4.78 is 24.6. The van der Waals surface area contributed by atoms with E-state index in [2.05, 4.69) is 0 Å². The van der Waals surface area contributed by atoms with Crippen LogP contribution in [0.15, 0.2) is 40.6 Å². The molecular formula is C15H14ClNO3S2. The van der Waals surface area contributed by atoms with Gasteiger partial charge in [0.1, 0.15) is 5.75 Å². The zero-order chi connectivity index (χ0) is 15.7. The molecule has 3 rings (SSSR count). The predicted octanol–water partition coefficient (Wildman–Crippen LogP) is 2.76. The van der Waals surface area contributed by atoms with Crippen LogP contribution in [-0.2, 0) is 27.6 Å². The fraction of sp³-hybridized carbons (Fsp3) is 0.267. The maximum absolute atomic E-state index is 12.3. The summed E-state index contributed by atoms with van der Waals surface area (Å²) in [5.41, 5.74) is 1.12. The van der Waals surface area contributed by atoms with E-state index in [1.165, 1.54) is 29.1 Å². The molecule has 0 radical (unpaired) electrons. The number of halogens is 1. The van der Waals surface area contributed by atoms with Gasteiger partial charge in [0, 0.05) is 23.0 Å². The van der Waals surface area contributed by atoms with Gasteiger partial charge in [-0.2, -0.15) is 0 Å². The Morgan fingerprint density at radius 3 is 2.68 bits per heavy atom. The van der Waals surface area contributed by atoms with Crippen LogP contribution in [0.1, 0.15) is 10.4 Å². The van der Waals surface area contributed by atoms with Gasteiger partial charge in [0.25, 0.3) is 0 Å². The molecule has 4 nitrogen and oxygen atoms in total. The van der Waals surface area contributed by atoms with Gasteiger partial charge < -0.3 is 4.90 Å². The number of rotatable bonds is 3. The summed E-state index contributed by atoms with van der Waals surface area (Å²) in [6, 6.07) is 7.87. The summed E-state index contributed by atoms with van der Waals surface area (Å²) in [6.45, 7) is 1.07. The van der Waals surface area contributed by atoms with Crippen molar-refractivity contribution >= 4 is 38.7 Å². The highest BCUT2D eigenvalue weighted by molar-refractivity contribution is 7.92. The highest BCUT2D eigenvalue weighted by Gasteiger charge is 2.26. The molecule has 22 heavy (non-hydrogen) atoms. The average Bonchev–Trinajstić information content (AvgIpc) is 2.94. The van der Waals surface area contributed by atoms with Gasteiger partial charge in [-0.3, -0.25) is 4.79 Å². The Morgan fingerprint density at radius 1 is 1.23 bits per heavy atom. The third-order valence-corrected chi connectivity index (χ3v) is 6.54. The fourth-order valence-electron chi connectivity index (χ4n) is 2.44. The quantitative estimate of drug-likeness (QED) is 0.850. The Hall–Kier alpha value is -1.37. The summed E-state index contributed by atoms with van der Waals surface area (Å²) in [5, 5.41) is 2.47. The number of hydrogen-bond donors (Lipinski definition) is 0.